The van der Waals surface area contributed by atoms with Crippen molar-refractivity contribution in [1.82, 2.24) is 4.90 Å². The first-order valence-electron chi connectivity index (χ1n) is 4.45. The van der Waals surface area contributed by atoms with Crippen molar-refractivity contribution in [2.75, 3.05) is 19.6 Å². The van der Waals surface area contributed by atoms with Crippen molar-refractivity contribution in [1.29, 1.82) is 0 Å². The van der Waals surface area contributed by atoms with Crippen molar-refractivity contribution >= 4 is 11.8 Å². The Morgan fingerprint density at radius 2 is 2.54 bits per heavy atom. The topological polar surface area (TPSA) is 52.9 Å². The number of rotatable bonds is 0. The van der Waals surface area contributed by atoms with E-state index in [0.717, 1.165) is 13.0 Å². The fourth-order valence-corrected chi connectivity index (χ4v) is 1.81. The van der Waals surface area contributed by atoms with Crippen LogP contribution < -0.4 is 0 Å². The Balaban J connectivity index is 2.07. The van der Waals surface area contributed by atoms with E-state index in [1.807, 2.05) is 6.08 Å². The lowest BCUT2D eigenvalue weighted by molar-refractivity contribution is 0.141. The molecule has 2 aliphatic heterocycles. The Hall–Kier alpha value is -1.32. The maximum absolute atomic E-state index is 10.7. The Kier molecular flexibility index (Phi) is 2.04. The van der Waals surface area contributed by atoms with E-state index in [0.29, 0.717) is 13.1 Å². The molecule has 2 rings (SSSR count). The van der Waals surface area contributed by atoms with Crippen molar-refractivity contribution in [3.05, 3.63) is 12.2 Å². The number of dihydropyridines is 1. The molecule has 0 saturated carbocycles. The zero-order valence-electron chi connectivity index (χ0n) is 7.31. The van der Waals surface area contributed by atoms with Crippen LogP contribution >= 0.6 is 0 Å². The molecule has 4 nitrogen and oxygen atoms in total. The Morgan fingerprint density at radius 1 is 1.69 bits per heavy atom. The predicted octanol–water partition coefficient (Wildman–Crippen LogP) is 0.997. The second-order valence-electron chi connectivity index (χ2n) is 3.35. The number of hydrogen-bond donors (Lipinski definition) is 1. The molecule has 0 aromatic heterocycles. The lowest BCUT2D eigenvalue weighted by Crippen LogP contribution is -2.43. The van der Waals surface area contributed by atoms with Crippen LogP contribution in [0.4, 0.5) is 4.79 Å². The molecular weight excluding hydrogens is 168 g/mol. The summed E-state index contributed by atoms with van der Waals surface area (Å²) in [5.41, 5.74) is 1.17. The highest BCUT2D eigenvalue weighted by Crippen LogP contribution is 2.18. The monoisotopic (exact) mass is 180 g/mol. The first kappa shape index (κ1) is 8.29. The number of fused-ring (bicyclic) bond motifs is 1. The summed E-state index contributed by atoms with van der Waals surface area (Å²) in [7, 11) is 0. The Bertz CT molecular complexity index is 283. The first-order valence-corrected chi connectivity index (χ1v) is 4.45. The van der Waals surface area contributed by atoms with Gasteiger partial charge in [-0.15, -0.1) is 0 Å². The number of amides is 1. The van der Waals surface area contributed by atoms with Crippen LogP contribution in [-0.4, -0.2) is 41.4 Å². The number of aliphatic imine (C=N–C) groups is 1. The Labute approximate surface area is 76.6 Å². The molecule has 70 valence electrons. The zero-order valence-corrected chi connectivity index (χ0v) is 7.31. The SMILES string of the molecule is O=C(O)N1CCC2=NCC=CC2C1. The zero-order chi connectivity index (χ0) is 9.26. The molecule has 0 aromatic rings. The predicted molar refractivity (Wildman–Crippen MR) is 49.1 cm³/mol. The van der Waals surface area contributed by atoms with E-state index < -0.39 is 6.09 Å². The van der Waals surface area contributed by atoms with E-state index in [1.165, 1.54) is 10.6 Å². The summed E-state index contributed by atoms with van der Waals surface area (Å²) in [5, 5.41) is 8.79. The second kappa shape index (κ2) is 3.20. The molecule has 0 aromatic carbocycles. The van der Waals surface area contributed by atoms with Crippen molar-refractivity contribution in [2.45, 2.75) is 6.42 Å². The molecular formula is C9H12N2O2. The molecule has 1 amide bonds. The van der Waals surface area contributed by atoms with Crippen LogP contribution in [0, 0.1) is 5.92 Å². The lowest BCUT2D eigenvalue weighted by Gasteiger charge is -2.31. The van der Waals surface area contributed by atoms with E-state index in [-0.39, 0.29) is 5.92 Å². The largest absolute Gasteiger partial charge is 0.465 e. The minimum absolute atomic E-state index is 0.235. The molecule has 1 atom stereocenters. The smallest absolute Gasteiger partial charge is 0.407 e. The van der Waals surface area contributed by atoms with E-state index in [9.17, 15) is 4.79 Å². The highest BCUT2D eigenvalue weighted by atomic mass is 16.4. The molecule has 1 unspecified atom stereocenters. The van der Waals surface area contributed by atoms with E-state index in [1.54, 1.807) is 0 Å². The molecule has 1 fully saturated rings. The fourth-order valence-electron chi connectivity index (χ4n) is 1.81. The summed E-state index contributed by atoms with van der Waals surface area (Å²) in [5.74, 6) is 0.235. The quantitative estimate of drug-likeness (QED) is 0.565. The maximum atomic E-state index is 10.7. The van der Waals surface area contributed by atoms with Gasteiger partial charge in [-0.25, -0.2) is 4.79 Å². The maximum Gasteiger partial charge on any atom is 0.407 e. The third-order valence-electron chi connectivity index (χ3n) is 2.52. The van der Waals surface area contributed by atoms with Crippen LogP contribution in [0.5, 0.6) is 0 Å². The van der Waals surface area contributed by atoms with Crippen LogP contribution in [0.1, 0.15) is 6.42 Å². The number of likely N-dealkylation sites (tertiary alicyclic amines) is 1. The molecule has 2 aliphatic rings. The summed E-state index contributed by atoms with van der Waals surface area (Å²) in [4.78, 5) is 16.5. The van der Waals surface area contributed by atoms with Crippen LogP contribution in [0.15, 0.2) is 17.1 Å². The highest BCUT2D eigenvalue weighted by molar-refractivity contribution is 5.91. The standard InChI is InChI=1S/C9H12N2O2/c12-9(13)11-5-3-8-7(6-11)2-1-4-10-8/h1-2,7H,3-6H2,(H,12,13). The third-order valence-corrected chi connectivity index (χ3v) is 2.52. The molecule has 0 radical (unpaired) electrons. The average molecular weight is 180 g/mol. The van der Waals surface area contributed by atoms with Crippen LogP contribution in [0.25, 0.3) is 0 Å². The van der Waals surface area contributed by atoms with Gasteiger partial charge < -0.3 is 10.0 Å². The van der Waals surface area contributed by atoms with Gasteiger partial charge in [0.15, 0.2) is 0 Å². The summed E-state index contributed by atoms with van der Waals surface area (Å²) in [6.45, 7) is 1.93. The highest BCUT2D eigenvalue weighted by Gasteiger charge is 2.26. The molecule has 4 heteroatoms. The first-order chi connectivity index (χ1) is 6.27. The van der Waals surface area contributed by atoms with Gasteiger partial charge in [-0.1, -0.05) is 12.2 Å². The molecule has 0 aliphatic carbocycles. The number of piperidine rings is 1. The van der Waals surface area contributed by atoms with Gasteiger partial charge >= 0.3 is 6.09 Å². The summed E-state index contributed by atoms with van der Waals surface area (Å²) >= 11 is 0. The van der Waals surface area contributed by atoms with Gasteiger partial charge in [-0.3, -0.25) is 4.99 Å². The summed E-state index contributed by atoms with van der Waals surface area (Å²) < 4.78 is 0. The van der Waals surface area contributed by atoms with Crippen LogP contribution in [0.3, 0.4) is 0 Å². The van der Waals surface area contributed by atoms with Crippen molar-refractivity contribution in [3.63, 3.8) is 0 Å². The summed E-state index contributed by atoms with van der Waals surface area (Å²) in [6, 6.07) is 0. The number of carboxylic acid groups (broad SMARTS) is 1. The van der Waals surface area contributed by atoms with E-state index >= 15 is 0 Å². The fraction of sp³-hybridized carbons (Fsp3) is 0.556. The van der Waals surface area contributed by atoms with Gasteiger partial charge in [-0.05, 0) is 0 Å². The molecule has 0 bridgehead atoms. The Morgan fingerprint density at radius 3 is 3.31 bits per heavy atom. The van der Waals surface area contributed by atoms with Gasteiger partial charge in [0.1, 0.15) is 0 Å². The van der Waals surface area contributed by atoms with Crippen LogP contribution in [-0.2, 0) is 0 Å². The molecule has 13 heavy (non-hydrogen) atoms. The molecule has 1 saturated heterocycles. The van der Waals surface area contributed by atoms with Crippen molar-refractivity contribution < 1.29 is 9.90 Å². The normalized spacial score (nSPS) is 26.6. The number of nitrogens with zero attached hydrogens (tertiary/aromatic N) is 2. The molecule has 1 N–H and O–H groups in total. The lowest BCUT2D eigenvalue weighted by atomic mass is 9.93. The van der Waals surface area contributed by atoms with Gasteiger partial charge in [0.2, 0.25) is 0 Å². The van der Waals surface area contributed by atoms with Gasteiger partial charge in [-0.2, -0.15) is 0 Å². The average Bonchev–Trinajstić information content (AvgIpc) is 2.17. The van der Waals surface area contributed by atoms with Gasteiger partial charge in [0.05, 0.1) is 6.54 Å². The van der Waals surface area contributed by atoms with Gasteiger partial charge in [0, 0.05) is 31.1 Å². The van der Waals surface area contributed by atoms with Crippen LogP contribution in [0.2, 0.25) is 0 Å². The number of hydrogen-bond acceptors (Lipinski definition) is 2. The van der Waals surface area contributed by atoms with Crippen molar-refractivity contribution in [2.24, 2.45) is 10.9 Å². The van der Waals surface area contributed by atoms with E-state index in [4.69, 9.17) is 5.11 Å². The third kappa shape index (κ3) is 1.56. The minimum Gasteiger partial charge on any atom is -0.465 e. The minimum atomic E-state index is -0.821. The summed E-state index contributed by atoms with van der Waals surface area (Å²) in [6.07, 6.45) is 4.04. The molecule has 0 spiro atoms. The number of carbonyl (C=O) groups is 1. The molecule has 2 heterocycles. The van der Waals surface area contributed by atoms with Gasteiger partial charge in [0.25, 0.3) is 0 Å². The van der Waals surface area contributed by atoms with E-state index in [2.05, 4.69) is 11.1 Å². The second-order valence-corrected chi connectivity index (χ2v) is 3.35. The van der Waals surface area contributed by atoms with Crippen molar-refractivity contribution in [3.8, 4) is 0 Å².